The number of aromatic nitrogens is 2. The van der Waals surface area contributed by atoms with Gasteiger partial charge in [-0.15, -0.1) is 0 Å². The number of benzene rings is 2. The van der Waals surface area contributed by atoms with Crippen LogP contribution in [0.4, 0.5) is 5.69 Å². The molecule has 9 heteroatoms. The highest BCUT2D eigenvalue weighted by molar-refractivity contribution is 7.90. The highest BCUT2D eigenvalue weighted by Gasteiger charge is 2.18. The molecule has 1 amide bonds. The first-order valence-electron chi connectivity index (χ1n) is 11.4. The molecule has 0 radical (unpaired) electrons. The summed E-state index contributed by atoms with van der Waals surface area (Å²) in [7, 11) is -3.78. The molecule has 8 nitrogen and oxygen atoms in total. The number of aliphatic imine (C=N–C) groups is 1. The van der Waals surface area contributed by atoms with Crippen molar-refractivity contribution in [1.82, 2.24) is 14.5 Å². The van der Waals surface area contributed by atoms with Gasteiger partial charge in [-0.1, -0.05) is 24.6 Å². The summed E-state index contributed by atoms with van der Waals surface area (Å²) < 4.78 is 30.2. The highest BCUT2D eigenvalue weighted by atomic mass is 32.2. The first-order chi connectivity index (χ1) is 16.3. The molecular formula is C25H29N5O3S. The fourth-order valence-electron chi connectivity index (χ4n) is 3.89. The maximum atomic E-state index is 12.8. The third-order valence-electron chi connectivity index (χ3n) is 5.68. The van der Waals surface area contributed by atoms with E-state index < -0.39 is 10.0 Å². The van der Waals surface area contributed by atoms with Crippen LogP contribution in [0.3, 0.4) is 0 Å². The van der Waals surface area contributed by atoms with E-state index in [4.69, 9.17) is 0 Å². The van der Waals surface area contributed by atoms with E-state index in [0.29, 0.717) is 36.6 Å². The average Bonchev–Trinajstić information content (AvgIpc) is 2.97. The number of aryl methyl sites for hydroxylation is 2. The summed E-state index contributed by atoms with van der Waals surface area (Å²) in [6.07, 6.45) is 3.54. The van der Waals surface area contributed by atoms with Crippen molar-refractivity contribution in [2.75, 3.05) is 11.9 Å². The van der Waals surface area contributed by atoms with Crippen molar-refractivity contribution >= 4 is 27.5 Å². The summed E-state index contributed by atoms with van der Waals surface area (Å²) in [5, 5.41) is 7.25. The van der Waals surface area contributed by atoms with Crippen LogP contribution in [0.5, 0.6) is 0 Å². The zero-order valence-electron chi connectivity index (χ0n) is 19.4. The predicted octanol–water partition coefficient (Wildman–Crippen LogP) is 4.05. The van der Waals surface area contributed by atoms with E-state index in [1.807, 2.05) is 36.7 Å². The summed E-state index contributed by atoms with van der Waals surface area (Å²) in [4.78, 5) is 17.2. The highest BCUT2D eigenvalue weighted by Crippen LogP contribution is 2.18. The molecule has 2 N–H and O–H groups in total. The molecule has 0 spiro atoms. The Morgan fingerprint density at radius 2 is 1.82 bits per heavy atom. The normalized spacial score (nSPS) is 14.2. The average molecular weight is 480 g/mol. The van der Waals surface area contributed by atoms with E-state index in [2.05, 4.69) is 20.1 Å². The minimum atomic E-state index is -3.78. The standard InChI is InChI=1S/C25H29N5O3S/c1-18-15-19(2)30(28-18)17-20-10-12-21(13-11-20)25(31)27-22-7-6-8-23(16-22)34(32,33)29-24-9-4-3-5-14-26-24/h6-8,10-13,15-16H,3-5,9,14,17H2,1-2H3,(H,26,29)(H,27,31). The van der Waals surface area contributed by atoms with Gasteiger partial charge in [0.05, 0.1) is 17.1 Å². The number of carbonyl (C=O) groups is 1. The molecule has 0 unspecified atom stereocenters. The maximum absolute atomic E-state index is 12.8. The maximum Gasteiger partial charge on any atom is 0.262 e. The smallest absolute Gasteiger partial charge is 0.262 e. The van der Waals surface area contributed by atoms with Crippen molar-refractivity contribution in [2.45, 2.75) is 51.0 Å². The Labute approximate surface area is 200 Å². The number of amidine groups is 1. The van der Waals surface area contributed by atoms with Gasteiger partial charge < -0.3 is 5.32 Å². The molecule has 34 heavy (non-hydrogen) atoms. The van der Waals surface area contributed by atoms with E-state index in [1.54, 1.807) is 24.3 Å². The van der Waals surface area contributed by atoms with E-state index in [9.17, 15) is 13.2 Å². The molecule has 0 saturated carbocycles. The number of nitrogens with one attached hydrogen (secondary N) is 2. The van der Waals surface area contributed by atoms with Gasteiger partial charge in [-0.25, -0.2) is 8.42 Å². The number of hydrogen-bond acceptors (Lipinski definition) is 5. The second-order valence-electron chi connectivity index (χ2n) is 8.51. The zero-order valence-corrected chi connectivity index (χ0v) is 20.2. The van der Waals surface area contributed by atoms with Gasteiger partial charge in [0.25, 0.3) is 15.9 Å². The molecule has 0 atom stereocenters. The van der Waals surface area contributed by atoms with Crippen LogP contribution in [0.25, 0.3) is 0 Å². The van der Waals surface area contributed by atoms with Crippen LogP contribution < -0.4 is 10.0 Å². The van der Waals surface area contributed by atoms with E-state index in [0.717, 1.165) is 36.2 Å². The van der Waals surface area contributed by atoms with Gasteiger partial charge in [-0.2, -0.15) is 5.10 Å². The molecule has 0 aliphatic carbocycles. The Kier molecular flexibility index (Phi) is 7.12. The monoisotopic (exact) mass is 479 g/mol. The SMILES string of the molecule is Cc1cc(C)n(Cc2ccc(C(=O)Nc3cccc(S(=O)(=O)NC4=NCCCCC4)c3)cc2)n1. The largest absolute Gasteiger partial charge is 0.322 e. The summed E-state index contributed by atoms with van der Waals surface area (Å²) in [5.74, 6) is 0.181. The number of nitrogens with zero attached hydrogens (tertiary/aromatic N) is 3. The van der Waals surface area contributed by atoms with Gasteiger partial charge in [-0.05, 0) is 68.7 Å². The Bertz CT molecular complexity index is 1310. The molecule has 1 aliphatic rings. The van der Waals surface area contributed by atoms with Crippen LogP contribution in [0.15, 0.2) is 64.5 Å². The van der Waals surface area contributed by atoms with Crippen LogP contribution >= 0.6 is 0 Å². The summed E-state index contributed by atoms with van der Waals surface area (Å²) in [5.41, 5.74) is 3.96. The fourth-order valence-corrected chi connectivity index (χ4v) is 5.02. The molecule has 1 aliphatic heterocycles. The van der Waals surface area contributed by atoms with Crippen molar-refractivity contribution in [2.24, 2.45) is 4.99 Å². The summed E-state index contributed by atoms with van der Waals surface area (Å²) in [6, 6.07) is 15.5. The van der Waals surface area contributed by atoms with Gasteiger partial charge in [0.2, 0.25) is 0 Å². The zero-order chi connectivity index (χ0) is 24.1. The number of anilines is 1. The molecule has 2 heterocycles. The second-order valence-corrected chi connectivity index (χ2v) is 10.2. The number of hydrogen-bond donors (Lipinski definition) is 2. The lowest BCUT2D eigenvalue weighted by molar-refractivity contribution is 0.102. The third-order valence-corrected chi connectivity index (χ3v) is 7.06. The summed E-state index contributed by atoms with van der Waals surface area (Å²) in [6.45, 7) is 5.22. The number of amides is 1. The molecule has 178 valence electrons. The fraction of sp³-hybridized carbons (Fsp3) is 0.320. The first kappa shape index (κ1) is 23.7. The van der Waals surface area contributed by atoms with Gasteiger partial charge >= 0.3 is 0 Å². The molecule has 0 saturated heterocycles. The van der Waals surface area contributed by atoms with E-state index in [1.165, 1.54) is 12.1 Å². The molecular weight excluding hydrogens is 450 g/mol. The number of rotatable bonds is 6. The Balaban J connectivity index is 1.42. The van der Waals surface area contributed by atoms with Crippen molar-refractivity contribution in [1.29, 1.82) is 0 Å². The van der Waals surface area contributed by atoms with Crippen molar-refractivity contribution in [3.05, 3.63) is 77.1 Å². The molecule has 0 fully saturated rings. The Morgan fingerprint density at radius 3 is 2.56 bits per heavy atom. The Morgan fingerprint density at radius 1 is 1.03 bits per heavy atom. The number of carbonyl (C=O) groups excluding carboxylic acids is 1. The lowest BCUT2D eigenvalue weighted by atomic mass is 10.1. The molecule has 4 rings (SSSR count). The van der Waals surface area contributed by atoms with Crippen LogP contribution in [-0.2, 0) is 16.6 Å². The first-order valence-corrected chi connectivity index (χ1v) is 12.9. The quantitative estimate of drug-likeness (QED) is 0.556. The van der Waals surface area contributed by atoms with E-state index >= 15 is 0 Å². The molecule has 1 aromatic heterocycles. The van der Waals surface area contributed by atoms with Crippen LogP contribution in [0.1, 0.15) is 53.0 Å². The van der Waals surface area contributed by atoms with Gasteiger partial charge in [0.1, 0.15) is 5.84 Å². The third kappa shape index (κ3) is 5.91. The van der Waals surface area contributed by atoms with E-state index in [-0.39, 0.29) is 10.8 Å². The molecule has 2 aromatic carbocycles. The van der Waals surface area contributed by atoms with Crippen LogP contribution in [0, 0.1) is 13.8 Å². The van der Waals surface area contributed by atoms with Gasteiger partial charge in [-0.3, -0.25) is 19.2 Å². The van der Waals surface area contributed by atoms with Gasteiger partial charge in [0.15, 0.2) is 0 Å². The van der Waals surface area contributed by atoms with Crippen molar-refractivity contribution in [3.63, 3.8) is 0 Å². The van der Waals surface area contributed by atoms with Crippen LogP contribution in [0.2, 0.25) is 0 Å². The van der Waals surface area contributed by atoms with Crippen LogP contribution in [-0.4, -0.2) is 36.5 Å². The molecule has 0 bridgehead atoms. The lowest BCUT2D eigenvalue weighted by Gasteiger charge is -2.11. The topological polar surface area (TPSA) is 105 Å². The summed E-state index contributed by atoms with van der Waals surface area (Å²) >= 11 is 0. The predicted molar refractivity (Wildman–Crippen MR) is 133 cm³/mol. The van der Waals surface area contributed by atoms with Crippen molar-refractivity contribution < 1.29 is 13.2 Å². The van der Waals surface area contributed by atoms with Gasteiger partial charge in [0, 0.05) is 29.9 Å². The Hall–Kier alpha value is -3.46. The molecule has 3 aromatic rings. The minimum absolute atomic E-state index is 0.0810. The van der Waals surface area contributed by atoms with Crippen molar-refractivity contribution in [3.8, 4) is 0 Å². The minimum Gasteiger partial charge on any atom is -0.322 e. The number of sulfonamides is 1. The lowest BCUT2D eigenvalue weighted by Crippen LogP contribution is -2.30. The second kappa shape index (κ2) is 10.2.